The Kier molecular flexibility index (Phi) is 5.68. The summed E-state index contributed by atoms with van der Waals surface area (Å²) in [6.45, 7) is 0. The molecule has 0 N–H and O–H groups in total. The number of amides is 1. The number of benzene rings is 3. The second-order valence-corrected chi connectivity index (χ2v) is 6.59. The summed E-state index contributed by atoms with van der Waals surface area (Å²) >= 11 is 6.05. The van der Waals surface area contributed by atoms with Gasteiger partial charge in [-0.15, -0.1) is 0 Å². The van der Waals surface area contributed by atoms with Gasteiger partial charge in [0.05, 0.1) is 11.8 Å². The van der Waals surface area contributed by atoms with Crippen molar-refractivity contribution in [3.63, 3.8) is 0 Å². The van der Waals surface area contributed by atoms with E-state index in [9.17, 15) is 9.18 Å². The van der Waals surface area contributed by atoms with Crippen LogP contribution in [-0.4, -0.2) is 15.9 Å². The fourth-order valence-electron chi connectivity index (χ4n) is 2.91. The summed E-state index contributed by atoms with van der Waals surface area (Å²) in [6, 6.07) is 21.9. The Balaban J connectivity index is 1.80. The van der Waals surface area contributed by atoms with Crippen LogP contribution in [0.5, 0.6) is 11.5 Å². The SMILES string of the molecule is O=C(c1cc(F)ccc1Oc1cncnc1Cl)N(c1ccccc1)c1ccccc1. The minimum Gasteiger partial charge on any atom is -0.452 e. The van der Waals surface area contributed by atoms with Crippen molar-refractivity contribution in [3.8, 4) is 11.5 Å². The zero-order valence-electron chi connectivity index (χ0n) is 15.6. The third-order valence-electron chi connectivity index (χ3n) is 4.26. The molecule has 3 aromatic carbocycles. The second kappa shape index (κ2) is 8.71. The largest absolute Gasteiger partial charge is 0.452 e. The first-order valence-electron chi connectivity index (χ1n) is 9.01. The summed E-state index contributed by atoms with van der Waals surface area (Å²) in [7, 11) is 0. The summed E-state index contributed by atoms with van der Waals surface area (Å²) in [5.41, 5.74) is 1.29. The molecule has 1 amide bonds. The molecule has 1 aromatic heterocycles. The molecular formula is C23H15ClFN3O2. The molecule has 148 valence electrons. The van der Waals surface area contributed by atoms with E-state index in [0.717, 1.165) is 6.07 Å². The summed E-state index contributed by atoms with van der Waals surface area (Å²) < 4.78 is 19.9. The molecule has 4 rings (SSSR count). The van der Waals surface area contributed by atoms with E-state index in [1.165, 1.54) is 29.6 Å². The molecule has 7 heteroatoms. The van der Waals surface area contributed by atoms with E-state index < -0.39 is 11.7 Å². The number of halogens is 2. The van der Waals surface area contributed by atoms with Gasteiger partial charge in [0.15, 0.2) is 10.9 Å². The zero-order chi connectivity index (χ0) is 20.9. The number of nitrogens with zero attached hydrogens (tertiary/aromatic N) is 3. The number of rotatable bonds is 5. The van der Waals surface area contributed by atoms with Gasteiger partial charge in [-0.3, -0.25) is 9.69 Å². The van der Waals surface area contributed by atoms with Crippen molar-refractivity contribution >= 4 is 28.9 Å². The van der Waals surface area contributed by atoms with Crippen LogP contribution in [0, 0.1) is 5.82 Å². The van der Waals surface area contributed by atoms with Crippen LogP contribution in [0.3, 0.4) is 0 Å². The number of anilines is 2. The molecule has 0 saturated heterocycles. The van der Waals surface area contributed by atoms with Crippen molar-refractivity contribution < 1.29 is 13.9 Å². The Morgan fingerprint density at radius 3 is 2.13 bits per heavy atom. The summed E-state index contributed by atoms with van der Waals surface area (Å²) in [4.78, 5) is 22.8. The van der Waals surface area contributed by atoms with Crippen LogP contribution in [0.15, 0.2) is 91.4 Å². The molecule has 30 heavy (non-hydrogen) atoms. The van der Waals surface area contributed by atoms with Crippen molar-refractivity contribution in [2.75, 3.05) is 4.90 Å². The lowest BCUT2D eigenvalue weighted by atomic mass is 10.1. The number of hydrogen-bond donors (Lipinski definition) is 0. The quantitative estimate of drug-likeness (QED) is 0.370. The van der Waals surface area contributed by atoms with Gasteiger partial charge in [-0.1, -0.05) is 48.0 Å². The van der Waals surface area contributed by atoms with Crippen LogP contribution >= 0.6 is 11.6 Å². The normalized spacial score (nSPS) is 10.5. The molecule has 0 aliphatic carbocycles. The molecule has 1 heterocycles. The van der Waals surface area contributed by atoms with Gasteiger partial charge in [0.25, 0.3) is 5.91 Å². The lowest BCUT2D eigenvalue weighted by Crippen LogP contribution is -2.26. The Bertz CT molecular complexity index is 1130. The van der Waals surface area contributed by atoms with Gasteiger partial charge in [0.1, 0.15) is 17.9 Å². The molecule has 0 unspecified atom stereocenters. The number of aromatic nitrogens is 2. The predicted octanol–water partition coefficient (Wildman–Crippen LogP) is 6.04. The average molecular weight is 420 g/mol. The summed E-state index contributed by atoms with van der Waals surface area (Å²) in [5.74, 6) is -0.738. The highest BCUT2D eigenvalue weighted by Gasteiger charge is 2.24. The highest BCUT2D eigenvalue weighted by molar-refractivity contribution is 6.30. The molecule has 0 saturated carbocycles. The van der Waals surface area contributed by atoms with Gasteiger partial charge >= 0.3 is 0 Å². The fraction of sp³-hybridized carbons (Fsp3) is 0. The van der Waals surface area contributed by atoms with Crippen molar-refractivity contribution in [1.29, 1.82) is 0 Å². The van der Waals surface area contributed by atoms with Gasteiger partial charge in [-0.2, -0.15) is 0 Å². The fourth-order valence-corrected chi connectivity index (χ4v) is 3.04. The molecule has 0 radical (unpaired) electrons. The summed E-state index contributed by atoms with van der Waals surface area (Å²) in [6.07, 6.45) is 2.65. The van der Waals surface area contributed by atoms with Gasteiger partial charge in [-0.05, 0) is 42.5 Å². The van der Waals surface area contributed by atoms with E-state index in [-0.39, 0.29) is 22.2 Å². The Labute approximate surface area is 177 Å². The van der Waals surface area contributed by atoms with Crippen molar-refractivity contribution in [3.05, 3.63) is 108 Å². The maximum absolute atomic E-state index is 14.1. The molecule has 0 spiro atoms. The number of carbonyl (C=O) groups excluding carboxylic acids is 1. The van der Waals surface area contributed by atoms with Gasteiger partial charge in [0, 0.05) is 11.4 Å². The van der Waals surface area contributed by atoms with Crippen LogP contribution in [0.25, 0.3) is 0 Å². The van der Waals surface area contributed by atoms with Crippen LogP contribution in [0.4, 0.5) is 15.8 Å². The first-order valence-corrected chi connectivity index (χ1v) is 9.39. The molecule has 0 bridgehead atoms. The Morgan fingerprint density at radius 2 is 1.53 bits per heavy atom. The highest BCUT2D eigenvalue weighted by Crippen LogP contribution is 2.33. The van der Waals surface area contributed by atoms with Crippen molar-refractivity contribution in [2.45, 2.75) is 0 Å². The molecule has 5 nitrogen and oxygen atoms in total. The van der Waals surface area contributed by atoms with Gasteiger partial charge in [0.2, 0.25) is 0 Å². The van der Waals surface area contributed by atoms with Gasteiger partial charge in [-0.25, -0.2) is 14.4 Å². The zero-order valence-corrected chi connectivity index (χ0v) is 16.3. The topological polar surface area (TPSA) is 55.3 Å². The highest BCUT2D eigenvalue weighted by atomic mass is 35.5. The van der Waals surface area contributed by atoms with E-state index >= 15 is 0 Å². The van der Waals surface area contributed by atoms with Crippen LogP contribution in [0.2, 0.25) is 5.15 Å². The van der Waals surface area contributed by atoms with E-state index in [0.29, 0.717) is 11.4 Å². The molecule has 4 aromatic rings. The monoisotopic (exact) mass is 419 g/mol. The minimum atomic E-state index is -0.567. The van der Waals surface area contributed by atoms with Crippen LogP contribution in [0.1, 0.15) is 10.4 Å². The predicted molar refractivity (Wildman–Crippen MR) is 113 cm³/mol. The van der Waals surface area contributed by atoms with Crippen LogP contribution < -0.4 is 9.64 Å². The Morgan fingerprint density at radius 1 is 0.900 bits per heavy atom. The molecule has 0 atom stereocenters. The van der Waals surface area contributed by atoms with Crippen LogP contribution in [-0.2, 0) is 0 Å². The van der Waals surface area contributed by atoms with Crippen molar-refractivity contribution in [2.24, 2.45) is 0 Å². The maximum Gasteiger partial charge on any atom is 0.266 e. The number of ether oxygens (including phenoxy) is 1. The van der Waals surface area contributed by atoms with E-state index in [2.05, 4.69) is 9.97 Å². The standard InChI is InChI=1S/C23H15ClFN3O2/c24-22-21(14-26-15-27-22)30-20-12-11-16(25)13-19(20)23(29)28(17-7-3-1-4-8-17)18-9-5-2-6-10-18/h1-15H. The minimum absolute atomic E-state index is 0.0302. The average Bonchev–Trinajstić information content (AvgIpc) is 2.78. The number of hydrogen-bond acceptors (Lipinski definition) is 4. The smallest absolute Gasteiger partial charge is 0.266 e. The van der Waals surface area contributed by atoms with Gasteiger partial charge < -0.3 is 4.74 Å². The van der Waals surface area contributed by atoms with E-state index in [1.807, 2.05) is 36.4 Å². The lowest BCUT2D eigenvalue weighted by molar-refractivity contribution is 0.0996. The first-order chi connectivity index (χ1) is 14.6. The molecule has 0 fully saturated rings. The Hall–Kier alpha value is -3.77. The first kappa shape index (κ1) is 19.5. The van der Waals surface area contributed by atoms with E-state index in [4.69, 9.17) is 16.3 Å². The second-order valence-electron chi connectivity index (χ2n) is 6.23. The molecule has 0 aliphatic heterocycles. The number of para-hydroxylation sites is 2. The molecular weight excluding hydrogens is 405 g/mol. The van der Waals surface area contributed by atoms with Crippen molar-refractivity contribution in [1.82, 2.24) is 9.97 Å². The summed E-state index contributed by atoms with van der Waals surface area (Å²) in [5, 5.41) is 0.0794. The molecule has 0 aliphatic rings. The van der Waals surface area contributed by atoms with E-state index in [1.54, 1.807) is 24.3 Å². The third kappa shape index (κ3) is 4.14. The number of carbonyl (C=O) groups is 1. The lowest BCUT2D eigenvalue weighted by Gasteiger charge is -2.24. The third-order valence-corrected chi connectivity index (χ3v) is 4.54. The maximum atomic E-state index is 14.1.